The van der Waals surface area contributed by atoms with Crippen molar-refractivity contribution in [3.63, 3.8) is 0 Å². The van der Waals surface area contributed by atoms with E-state index in [1.54, 1.807) is 5.30 Å². The van der Waals surface area contributed by atoms with Crippen molar-refractivity contribution < 1.29 is 0 Å². The zero-order valence-corrected chi connectivity index (χ0v) is 8.80. The van der Waals surface area contributed by atoms with Crippen LogP contribution in [0.1, 0.15) is 25.1 Å². The van der Waals surface area contributed by atoms with Gasteiger partial charge in [-0.1, -0.05) is 31.2 Å². The molecule has 1 fully saturated rings. The highest BCUT2D eigenvalue weighted by Gasteiger charge is 2.40. The molecule has 1 heteroatoms. The zero-order valence-electron chi connectivity index (χ0n) is 7.80. The summed E-state index contributed by atoms with van der Waals surface area (Å²) in [5.74, 6) is 2.40. The maximum absolute atomic E-state index is 2.41. The highest BCUT2D eigenvalue weighted by molar-refractivity contribution is 7.31. The molecule has 1 aromatic carbocycles. The van der Waals surface area contributed by atoms with E-state index in [2.05, 4.69) is 37.0 Å². The van der Waals surface area contributed by atoms with Gasteiger partial charge in [-0.25, -0.2) is 0 Å². The molecule has 1 heterocycles. The normalized spacial score (nSPS) is 19.8. The van der Waals surface area contributed by atoms with E-state index in [1.807, 2.05) is 0 Å². The minimum absolute atomic E-state index is 0.571. The van der Waals surface area contributed by atoms with Crippen molar-refractivity contribution in [2.75, 3.05) is 0 Å². The largest absolute Gasteiger partial charge is 0.135 e. The number of rotatable bonds is 1. The maximum atomic E-state index is 2.41. The lowest BCUT2D eigenvalue weighted by atomic mass is 10.0. The third kappa shape index (κ3) is 1.05. The predicted octanol–water partition coefficient (Wildman–Crippen LogP) is 3.92. The Balaban J connectivity index is 2.30. The van der Waals surface area contributed by atoms with Crippen LogP contribution in [0.4, 0.5) is 0 Å². The molecule has 1 unspecified atom stereocenters. The van der Waals surface area contributed by atoms with E-state index in [9.17, 15) is 0 Å². The van der Waals surface area contributed by atoms with Crippen molar-refractivity contribution in [2.24, 2.45) is 0 Å². The van der Waals surface area contributed by atoms with Gasteiger partial charge in [-0.3, -0.25) is 0 Å². The summed E-state index contributed by atoms with van der Waals surface area (Å²) in [7, 11) is 0.943. The van der Waals surface area contributed by atoms with Crippen molar-refractivity contribution in [2.45, 2.75) is 25.2 Å². The highest BCUT2D eigenvalue weighted by Crippen LogP contribution is 2.53. The fourth-order valence-corrected chi connectivity index (χ4v) is 3.55. The minimum atomic E-state index is 0.571. The van der Waals surface area contributed by atoms with E-state index in [1.165, 1.54) is 23.6 Å². The Bertz CT molecular complexity index is 449. The van der Waals surface area contributed by atoms with Crippen LogP contribution in [0.15, 0.2) is 30.1 Å². The van der Waals surface area contributed by atoms with Gasteiger partial charge in [0.1, 0.15) is 0 Å². The van der Waals surface area contributed by atoms with Crippen LogP contribution in [0.2, 0.25) is 0 Å². The standard InChI is InChI=1S/C12H13P/c1-12(6-7-12)11-10-5-3-2-4-9(10)8-13-11/h2-5,8,13H,6-7H2,1H3. The molecule has 3 rings (SSSR count). The molecule has 0 N–H and O–H groups in total. The van der Waals surface area contributed by atoms with Crippen molar-refractivity contribution in [3.8, 4) is 0 Å². The fraction of sp³-hybridized carbons (Fsp3) is 0.333. The third-order valence-electron chi connectivity index (χ3n) is 3.21. The summed E-state index contributed by atoms with van der Waals surface area (Å²) < 4.78 is 0. The number of hydrogen-bond acceptors (Lipinski definition) is 0. The van der Waals surface area contributed by atoms with Crippen molar-refractivity contribution >= 4 is 19.0 Å². The molecule has 1 aliphatic rings. The van der Waals surface area contributed by atoms with Gasteiger partial charge in [0, 0.05) is 0 Å². The molecule has 1 atom stereocenters. The van der Waals surface area contributed by atoms with Gasteiger partial charge in [0.05, 0.1) is 0 Å². The molecule has 2 aromatic rings. The zero-order chi connectivity index (χ0) is 8.89. The molecule has 0 aliphatic heterocycles. The van der Waals surface area contributed by atoms with Crippen molar-refractivity contribution in [3.05, 3.63) is 35.4 Å². The van der Waals surface area contributed by atoms with Crippen LogP contribution in [0.25, 0.3) is 10.8 Å². The second-order valence-corrected chi connectivity index (χ2v) is 5.39. The van der Waals surface area contributed by atoms with Gasteiger partial charge >= 0.3 is 0 Å². The number of benzene rings is 1. The van der Waals surface area contributed by atoms with Crippen LogP contribution < -0.4 is 0 Å². The van der Waals surface area contributed by atoms with Gasteiger partial charge in [-0.05, 0) is 40.1 Å². The first-order valence-corrected chi connectivity index (χ1v) is 5.94. The lowest BCUT2D eigenvalue weighted by Gasteiger charge is -2.06. The molecule has 0 saturated heterocycles. The lowest BCUT2D eigenvalue weighted by Crippen LogP contribution is -1.94. The van der Waals surface area contributed by atoms with E-state index in [0.29, 0.717) is 5.41 Å². The SMILES string of the molecule is CC1(c2[pH]cc3ccccc23)CC1. The Morgan fingerprint density at radius 3 is 2.77 bits per heavy atom. The second-order valence-electron chi connectivity index (χ2n) is 4.31. The first-order chi connectivity index (χ1) is 6.30. The van der Waals surface area contributed by atoms with E-state index in [-0.39, 0.29) is 0 Å². The van der Waals surface area contributed by atoms with Gasteiger partial charge in [0.25, 0.3) is 0 Å². The summed E-state index contributed by atoms with van der Waals surface area (Å²) in [6.07, 6.45) is 2.80. The number of fused-ring (bicyclic) bond motifs is 1. The van der Waals surface area contributed by atoms with Crippen LogP contribution in [0.5, 0.6) is 0 Å². The lowest BCUT2D eigenvalue weighted by molar-refractivity contribution is 0.817. The van der Waals surface area contributed by atoms with Crippen LogP contribution >= 0.6 is 8.19 Å². The monoisotopic (exact) mass is 188 g/mol. The first-order valence-electron chi connectivity index (χ1n) is 4.86. The molecular formula is C12H13P. The van der Waals surface area contributed by atoms with Crippen LogP contribution in [-0.4, -0.2) is 0 Å². The van der Waals surface area contributed by atoms with Crippen molar-refractivity contribution in [1.29, 1.82) is 0 Å². The summed E-state index contributed by atoms with van der Waals surface area (Å²) in [6, 6.07) is 8.82. The Morgan fingerprint density at radius 1 is 1.23 bits per heavy atom. The molecule has 13 heavy (non-hydrogen) atoms. The third-order valence-corrected chi connectivity index (χ3v) is 4.82. The summed E-state index contributed by atoms with van der Waals surface area (Å²) >= 11 is 0. The fourth-order valence-electron chi connectivity index (χ4n) is 2.02. The summed E-state index contributed by atoms with van der Waals surface area (Å²) in [5, 5.41) is 4.70. The molecule has 0 spiro atoms. The van der Waals surface area contributed by atoms with Gasteiger partial charge in [0.2, 0.25) is 0 Å². The van der Waals surface area contributed by atoms with Crippen molar-refractivity contribution in [1.82, 2.24) is 0 Å². The summed E-state index contributed by atoms with van der Waals surface area (Å²) in [5.41, 5.74) is 0.571. The molecular weight excluding hydrogens is 175 g/mol. The quantitative estimate of drug-likeness (QED) is 0.636. The molecule has 1 saturated carbocycles. The van der Waals surface area contributed by atoms with Gasteiger partial charge in [-0.15, -0.1) is 8.19 Å². The van der Waals surface area contributed by atoms with E-state index in [0.717, 1.165) is 8.19 Å². The molecule has 1 aromatic heterocycles. The maximum Gasteiger partial charge on any atom is -0.00336 e. The Kier molecular flexibility index (Phi) is 1.41. The second kappa shape index (κ2) is 2.39. The highest BCUT2D eigenvalue weighted by atomic mass is 31.0. The smallest absolute Gasteiger partial charge is 0.00336 e. The first kappa shape index (κ1) is 7.64. The van der Waals surface area contributed by atoms with Gasteiger partial charge in [-0.2, -0.15) is 0 Å². The van der Waals surface area contributed by atoms with E-state index in [4.69, 9.17) is 0 Å². The van der Waals surface area contributed by atoms with E-state index >= 15 is 0 Å². The average Bonchev–Trinajstić information content (AvgIpc) is 2.76. The topological polar surface area (TPSA) is 0 Å². The predicted molar refractivity (Wildman–Crippen MR) is 60.0 cm³/mol. The Labute approximate surface area is 80.1 Å². The Hall–Kier alpha value is -0.740. The number of hydrogen-bond donors (Lipinski definition) is 0. The Morgan fingerprint density at radius 2 is 2.00 bits per heavy atom. The molecule has 0 amide bonds. The molecule has 66 valence electrons. The van der Waals surface area contributed by atoms with Gasteiger partial charge < -0.3 is 0 Å². The molecule has 0 radical (unpaired) electrons. The molecule has 0 nitrogen and oxygen atoms in total. The average molecular weight is 188 g/mol. The van der Waals surface area contributed by atoms with Crippen LogP contribution in [0.3, 0.4) is 0 Å². The molecule has 0 bridgehead atoms. The summed E-state index contributed by atoms with van der Waals surface area (Å²) in [6.45, 7) is 2.41. The summed E-state index contributed by atoms with van der Waals surface area (Å²) in [4.78, 5) is 0. The van der Waals surface area contributed by atoms with Crippen LogP contribution in [0, 0.1) is 0 Å². The molecule has 1 aliphatic carbocycles. The van der Waals surface area contributed by atoms with Gasteiger partial charge in [0.15, 0.2) is 0 Å². The van der Waals surface area contributed by atoms with Crippen LogP contribution in [-0.2, 0) is 5.41 Å². The van der Waals surface area contributed by atoms with E-state index < -0.39 is 0 Å². The minimum Gasteiger partial charge on any atom is -0.135 e.